The molecule has 0 bridgehead atoms. The quantitative estimate of drug-likeness (QED) is 0.790. The van der Waals surface area contributed by atoms with E-state index >= 15 is 0 Å². The van der Waals surface area contributed by atoms with Crippen molar-refractivity contribution < 1.29 is 9.21 Å². The first-order valence-electron chi connectivity index (χ1n) is 8.05. The van der Waals surface area contributed by atoms with E-state index in [1.165, 1.54) is 5.56 Å². The summed E-state index contributed by atoms with van der Waals surface area (Å²) in [4.78, 5) is 16.2. The summed E-state index contributed by atoms with van der Waals surface area (Å²) in [5, 5.41) is 10.7. The maximum Gasteiger partial charge on any atom is 0.251 e. The van der Waals surface area contributed by atoms with E-state index < -0.39 is 0 Å². The third-order valence-electron chi connectivity index (χ3n) is 3.81. The first-order chi connectivity index (χ1) is 11.9. The molecule has 3 rings (SSSR count). The molecule has 2 heterocycles. The fourth-order valence-electron chi connectivity index (χ4n) is 2.32. The number of aromatic nitrogens is 3. The van der Waals surface area contributed by atoms with E-state index in [1.807, 2.05) is 24.3 Å². The zero-order valence-corrected chi connectivity index (χ0v) is 14.5. The highest BCUT2D eigenvalue weighted by Crippen LogP contribution is 2.22. The first-order valence-corrected chi connectivity index (χ1v) is 8.05. The Balaban J connectivity index is 1.62. The predicted molar refractivity (Wildman–Crippen MR) is 93.8 cm³/mol. The SMILES string of the molecule is CC(C)(C)c1ccc(C(=O)NCc2nnc(-c3ccncc3)o2)cc1. The molecule has 0 atom stereocenters. The summed E-state index contributed by atoms with van der Waals surface area (Å²) in [5.41, 5.74) is 2.63. The predicted octanol–water partition coefficient (Wildman–Crippen LogP) is 3.36. The summed E-state index contributed by atoms with van der Waals surface area (Å²) in [6.07, 6.45) is 3.31. The molecule has 25 heavy (non-hydrogen) atoms. The molecule has 0 saturated heterocycles. The Hall–Kier alpha value is -3.02. The Bertz CT molecular complexity index is 849. The molecule has 0 saturated carbocycles. The van der Waals surface area contributed by atoms with E-state index in [-0.39, 0.29) is 17.9 Å². The van der Waals surface area contributed by atoms with Crippen molar-refractivity contribution in [3.63, 3.8) is 0 Å². The lowest BCUT2D eigenvalue weighted by molar-refractivity contribution is 0.0947. The second kappa shape index (κ2) is 6.84. The van der Waals surface area contributed by atoms with Gasteiger partial charge in [-0.05, 0) is 35.2 Å². The standard InChI is InChI=1S/C19H20N4O2/c1-19(2,3)15-6-4-13(5-7-15)17(24)21-12-16-22-23-18(25-16)14-8-10-20-11-9-14/h4-11H,12H2,1-3H3,(H,21,24). The van der Waals surface area contributed by atoms with Gasteiger partial charge in [0.2, 0.25) is 11.8 Å². The third kappa shape index (κ3) is 4.09. The Morgan fingerprint density at radius 3 is 2.36 bits per heavy atom. The molecule has 0 aliphatic carbocycles. The van der Waals surface area contributed by atoms with Gasteiger partial charge < -0.3 is 9.73 Å². The maximum atomic E-state index is 12.2. The molecule has 2 aromatic heterocycles. The molecule has 0 aliphatic rings. The molecule has 0 unspecified atom stereocenters. The molecule has 1 amide bonds. The van der Waals surface area contributed by atoms with Crippen LogP contribution in [0, 0.1) is 0 Å². The second-order valence-corrected chi connectivity index (χ2v) is 6.75. The number of pyridine rings is 1. The fraction of sp³-hybridized carbons (Fsp3) is 0.263. The highest BCUT2D eigenvalue weighted by molar-refractivity contribution is 5.94. The van der Waals surface area contributed by atoms with Crippen LogP contribution in [0.15, 0.2) is 53.2 Å². The topological polar surface area (TPSA) is 80.9 Å². The summed E-state index contributed by atoms with van der Waals surface area (Å²) in [5.74, 6) is 0.580. The Morgan fingerprint density at radius 1 is 1.04 bits per heavy atom. The van der Waals surface area contributed by atoms with Crippen LogP contribution in [0.25, 0.3) is 11.5 Å². The zero-order chi connectivity index (χ0) is 17.9. The number of nitrogens with zero attached hydrogens (tertiary/aromatic N) is 3. The van der Waals surface area contributed by atoms with E-state index in [4.69, 9.17) is 4.42 Å². The molecule has 0 fully saturated rings. The van der Waals surface area contributed by atoms with Gasteiger partial charge in [0.15, 0.2) is 0 Å². The monoisotopic (exact) mass is 336 g/mol. The van der Waals surface area contributed by atoms with Crippen LogP contribution in [0.4, 0.5) is 0 Å². The molecule has 128 valence electrons. The molecule has 0 spiro atoms. The summed E-state index contributed by atoms with van der Waals surface area (Å²) < 4.78 is 5.56. The lowest BCUT2D eigenvalue weighted by atomic mass is 9.87. The Morgan fingerprint density at radius 2 is 1.72 bits per heavy atom. The first kappa shape index (κ1) is 16.8. The fourth-order valence-corrected chi connectivity index (χ4v) is 2.32. The van der Waals surface area contributed by atoms with Gasteiger partial charge in [-0.1, -0.05) is 32.9 Å². The normalized spacial score (nSPS) is 11.3. The van der Waals surface area contributed by atoms with Crippen LogP contribution in [-0.2, 0) is 12.0 Å². The van der Waals surface area contributed by atoms with Crippen LogP contribution < -0.4 is 5.32 Å². The van der Waals surface area contributed by atoms with Gasteiger partial charge in [0.25, 0.3) is 5.91 Å². The number of carbonyl (C=O) groups excluding carboxylic acids is 1. The summed E-state index contributed by atoms with van der Waals surface area (Å²) >= 11 is 0. The van der Waals surface area contributed by atoms with E-state index in [0.29, 0.717) is 17.3 Å². The lowest BCUT2D eigenvalue weighted by Gasteiger charge is -2.18. The van der Waals surface area contributed by atoms with Gasteiger partial charge in [-0.2, -0.15) is 0 Å². The minimum Gasteiger partial charge on any atom is -0.419 e. The van der Waals surface area contributed by atoms with Gasteiger partial charge >= 0.3 is 0 Å². The number of carbonyl (C=O) groups is 1. The van der Waals surface area contributed by atoms with E-state index in [0.717, 1.165) is 5.56 Å². The van der Waals surface area contributed by atoms with Gasteiger partial charge in [0, 0.05) is 23.5 Å². The molecular formula is C19H20N4O2. The molecule has 6 heteroatoms. The second-order valence-electron chi connectivity index (χ2n) is 6.75. The number of rotatable bonds is 4. The maximum absolute atomic E-state index is 12.2. The van der Waals surface area contributed by atoms with Crippen LogP contribution >= 0.6 is 0 Å². The molecule has 1 N–H and O–H groups in total. The number of benzene rings is 1. The van der Waals surface area contributed by atoms with Crippen LogP contribution in [-0.4, -0.2) is 21.1 Å². The van der Waals surface area contributed by atoms with Crippen LogP contribution in [0.1, 0.15) is 42.6 Å². The summed E-state index contributed by atoms with van der Waals surface area (Å²) in [6, 6.07) is 11.2. The molecule has 0 radical (unpaired) electrons. The van der Waals surface area contributed by atoms with Gasteiger partial charge in [-0.15, -0.1) is 10.2 Å². The van der Waals surface area contributed by atoms with Crippen molar-refractivity contribution in [2.45, 2.75) is 32.7 Å². The van der Waals surface area contributed by atoms with E-state index in [2.05, 4.69) is 41.3 Å². The largest absolute Gasteiger partial charge is 0.419 e. The smallest absolute Gasteiger partial charge is 0.251 e. The Labute approximate surface area is 146 Å². The Kier molecular flexibility index (Phi) is 4.61. The van der Waals surface area contributed by atoms with E-state index in [1.54, 1.807) is 24.5 Å². The van der Waals surface area contributed by atoms with Gasteiger partial charge in [0.05, 0.1) is 6.54 Å². The van der Waals surface area contributed by atoms with E-state index in [9.17, 15) is 4.79 Å². The van der Waals surface area contributed by atoms with Gasteiger partial charge in [0.1, 0.15) is 0 Å². The summed E-state index contributed by atoms with van der Waals surface area (Å²) in [6.45, 7) is 6.59. The minimum absolute atomic E-state index is 0.0577. The van der Waals surface area contributed by atoms with Gasteiger partial charge in [-0.25, -0.2) is 0 Å². The average molecular weight is 336 g/mol. The molecule has 0 aliphatic heterocycles. The lowest BCUT2D eigenvalue weighted by Crippen LogP contribution is -2.23. The highest BCUT2D eigenvalue weighted by Gasteiger charge is 2.15. The van der Waals surface area contributed by atoms with Gasteiger partial charge in [-0.3, -0.25) is 9.78 Å². The molecule has 1 aromatic carbocycles. The highest BCUT2D eigenvalue weighted by atomic mass is 16.4. The number of amides is 1. The van der Waals surface area contributed by atoms with Crippen molar-refractivity contribution in [1.29, 1.82) is 0 Å². The van der Waals surface area contributed by atoms with Crippen LogP contribution in [0.2, 0.25) is 0 Å². The van der Waals surface area contributed by atoms with Crippen molar-refractivity contribution in [3.05, 3.63) is 65.8 Å². The molecular weight excluding hydrogens is 316 g/mol. The average Bonchev–Trinajstić information content (AvgIpc) is 3.09. The number of nitrogens with one attached hydrogen (secondary N) is 1. The minimum atomic E-state index is -0.177. The summed E-state index contributed by atoms with van der Waals surface area (Å²) in [7, 11) is 0. The van der Waals surface area contributed by atoms with Crippen molar-refractivity contribution in [1.82, 2.24) is 20.5 Å². The van der Waals surface area contributed by atoms with Crippen molar-refractivity contribution in [2.75, 3.05) is 0 Å². The van der Waals surface area contributed by atoms with Crippen molar-refractivity contribution >= 4 is 5.91 Å². The molecule has 3 aromatic rings. The van der Waals surface area contributed by atoms with Crippen molar-refractivity contribution in [3.8, 4) is 11.5 Å². The third-order valence-corrected chi connectivity index (χ3v) is 3.81. The molecule has 6 nitrogen and oxygen atoms in total. The number of hydrogen-bond acceptors (Lipinski definition) is 5. The number of hydrogen-bond donors (Lipinski definition) is 1. The van der Waals surface area contributed by atoms with Crippen molar-refractivity contribution in [2.24, 2.45) is 0 Å². The van der Waals surface area contributed by atoms with Crippen LogP contribution in [0.3, 0.4) is 0 Å². The zero-order valence-electron chi connectivity index (χ0n) is 14.5. The van der Waals surface area contributed by atoms with Crippen LogP contribution in [0.5, 0.6) is 0 Å².